The van der Waals surface area contributed by atoms with Crippen molar-refractivity contribution in [3.05, 3.63) is 24.3 Å². The van der Waals surface area contributed by atoms with E-state index in [9.17, 15) is 8.42 Å². The molecule has 3 rings (SSSR count). The highest BCUT2D eigenvalue weighted by molar-refractivity contribution is 7.90. The second-order valence-corrected chi connectivity index (χ2v) is 10.1. The van der Waals surface area contributed by atoms with Crippen molar-refractivity contribution in [2.24, 2.45) is 0 Å². The number of benzene rings is 1. The minimum atomic E-state index is -3.28. The Labute approximate surface area is 158 Å². The molecule has 0 aromatic heterocycles. The number of nitrogens with one attached hydrogen (secondary N) is 1. The van der Waals surface area contributed by atoms with Gasteiger partial charge in [-0.1, -0.05) is 6.42 Å². The highest BCUT2D eigenvalue weighted by Crippen LogP contribution is 2.27. The van der Waals surface area contributed by atoms with E-state index in [0.717, 1.165) is 44.5 Å². The van der Waals surface area contributed by atoms with E-state index in [1.165, 1.54) is 24.9 Å². The van der Waals surface area contributed by atoms with Crippen LogP contribution >= 0.6 is 0 Å². The third-order valence-corrected chi connectivity index (χ3v) is 7.36. The molecule has 1 heterocycles. The van der Waals surface area contributed by atoms with Crippen LogP contribution in [0.1, 0.15) is 58.8 Å². The number of nitrogens with zero attached hydrogens (tertiary/aromatic N) is 1. The molecule has 5 nitrogen and oxygen atoms in total. The quantitative estimate of drug-likeness (QED) is 0.818. The van der Waals surface area contributed by atoms with Crippen molar-refractivity contribution in [1.82, 2.24) is 4.72 Å². The van der Waals surface area contributed by atoms with E-state index < -0.39 is 15.3 Å². The fraction of sp³-hybridized carbons (Fsp3) is 0.700. The Bertz CT molecular complexity index is 667. The lowest BCUT2D eigenvalue weighted by atomic mass is 9.93. The molecule has 0 unspecified atom stereocenters. The summed E-state index contributed by atoms with van der Waals surface area (Å²) in [6.07, 6.45) is 7.60. The maximum Gasteiger partial charge on any atom is 0.214 e. The molecule has 2 aliphatic rings. The van der Waals surface area contributed by atoms with Crippen molar-refractivity contribution >= 4 is 15.7 Å². The molecule has 1 aliphatic heterocycles. The zero-order valence-corrected chi connectivity index (χ0v) is 16.8. The minimum Gasteiger partial charge on any atom is -0.489 e. The van der Waals surface area contributed by atoms with Gasteiger partial charge in [0.05, 0.1) is 11.3 Å². The summed E-state index contributed by atoms with van der Waals surface area (Å²) in [5.74, 6) is 0.825. The third kappa shape index (κ3) is 4.92. The third-order valence-electron chi connectivity index (χ3n) is 5.48. The molecule has 1 aliphatic carbocycles. The Morgan fingerprint density at radius 2 is 1.65 bits per heavy atom. The highest BCUT2D eigenvalue weighted by Gasteiger charge is 2.31. The molecule has 2 atom stereocenters. The van der Waals surface area contributed by atoms with Crippen LogP contribution < -0.4 is 14.4 Å². The Hall–Kier alpha value is -1.27. The molecule has 1 saturated heterocycles. The topological polar surface area (TPSA) is 58.6 Å². The molecule has 0 amide bonds. The zero-order valence-electron chi connectivity index (χ0n) is 16.0. The Morgan fingerprint density at radius 3 is 2.31 bits per heavy atom. The molecule has 1 N–H and O–H groups in total. The first-order valence-corrected chi connectivity index (χ1v) is 11.5. The monoisotopic (exact) mass is 380 g/mol. The van der Waals surface area contributed by atoms with Gasteiger partial charge in [0.25, 0.3) is 0 Å². The van der Waals surface area contributed by atoms with Crippen LogP contribution in [0, 0.1) is 0 Å². The van der Waals surface area contributed by atoms with Gasteiger partial charge in [-0.2, -0.15) is 0 Å². The van der Waals surface area contributed by atoms with Crippen molar-refractivity contribution in [3.8, 4) is 5.75 Å². The summed E-state index contributed by atoms with van der Waals surface area (Å²) >= 11 is 0. The fourth-order valence-electron chi connectivity index (χ4n) is 3.78. The molecular weight excluding hydrogens is 348 g/mol. The van der Waals surface area contributed by atoms with E-state index in [1.54, 1.807) is 13.8 Å². The van der Waals surface area contributed by atoms with Crippen molar-refractivity contribution in [2.45, 2.75) is 76.2 Å². The first-order chi connectivity index (χ1) is 12.5. The zero-order chi connectivity index (χ0) is 18.6. The fourth-order valence-corrected chi connectivity index (χ4v) is 4.75. The Morgan fingerprint density at radius 1 is 1.00 bits per heavy atom. The normalized spacial score (nSPS) is 24.7. The smallest absolute Gasteiger partial charge is 0.214 e. The van der Waals surface area contributed by atoms with Gasteiger partial charge >= 0.3 is 0 Å². The lowest BCUT2D eigenvalue weighted by Crippen LogP contribution is -2.49. The average molecular weight is 381 g/mol. The summed E-state index contributed by atoms with van der Waals surface area (Å²) in [4.78, 5) is 2.42. The van der Waals surface area contributed by atoms with Crippen LogP contribution in [0.4, 0.5) is 5.69 Å². The predicted molar refractivity (Wildman–Crippen MR) is 106 cm³/mol. The summed E-state index contributed by atoms with van der Waals surface area (Å²) in [7, 11) is -3.28. The average Bonchev–Trinajstić information content (AvgIpc) is 2.64. The molecule has 1 aromatic carbocycles. The van der Waals surface area contributed by atoms with E-state index >= 15 is 0 Å². The first-order valence-electron chi connectivity index (χ1n) is 9.98. The van der Waals surface area contributed by atoms with Crippen molar-refractivity contribution in [1.29, 1.82) is 0 Å². The SMILES string of the molecule is CC(C)S(=O)(=O)N[C@H]1CCCC[C@H]1Oc1ccc(N2CCCCC2)cc1. The van der Waals surface area contributed by atoms with Gasteiger partial charge in [-0.05, 0) is 76.6 Å². The summed E-state index contributed by atoms with van der Waals surface area (Å²) in [6.45, 7) is 5.67. The number of hydrogen-bond acceptors (Lipinski definition) is 4. The molecule has 0 radical (unpaired) electrons. The van der Waals surface area contributed by atoms with Gasteiger partial charge < -0.3 is 9.64 Å². The molecule has 6 heteroatoms. The highest BCUT2D eigenvalue weighted by atomic mass is 32.2. The number of sulfonamides is 1. The Kier molecular flexibility index (Phi) is 6.46. The van der Waals surface area contributed by atoms with Gasteiger partial charge in [-0.15, -0.1) is 0 Å². The molecule has 0 bridgehead atoms. The lowest BCUT2D eigenvalue weighted by molar-refractivity contribution is 0.124. The predicted octanol–water partition coefficient (Wildman–Crippen LogP) is 3.69. The number of piperidine rings is 1. The van der Waals surface area contributed by atoms with Crippen LogP contribution in [0.2, 0.25) is 0 Å². The van der Waals surface area contributed by atoms with Crippen LogP contribution in [0.25, 0.3) is 0 Å². The maximum absolute atomic E-state index is 12.2. The molecule has 26 heavy (non-hydrogen) atoms. The number of ether oxygens (including phenoxy) is 1. The summed E-state index contributed by atoms with van der Waals surface area (Å²) in [5.41, 5.74) is 1.25. The van der Waals surface area contributed by atoms with E-state index in [4.69, 9.17) is 4.74 Å². The molecular formula is C20H32N2O3S. The number of rotatable bonds is 6. The van der Waals surface area contributed by atoms with E-state index in [2.05, 4.69) is 21.8 Å². The molecule has 0 spiro atoms. The van der Waals surface area contributed by atoms with Crippen molar-refractivity contribution in [2.75, 3.05) is 18.0 Å². The van der Waals surface area contributed by atoms with E-state index in [1.807, 2.05) is 12.1 Å². The minimum absolute atomic E-state index is 0.0990. The second kappa shape index (κ2) is 8.61. The molecule has 146 valence electrons. The Balaban J connectivity index is 1.64. The number of hydrogen-bond donors (Lipinski definition) is 1. The van der Waals surface area contributed by atoms with Crippen LogP contribution in [0.3, 0.4) is 0 Å². The second-order valence-electron chi connectivity index (χ2n) is 7.80. The van der Waals surface area contributed by atoms with Gasteiger partial charge in [-0.3, -0.25) is 0 Å². The summed E-state index contributed by atoms with van der Waals surface area (Å²) in [5, 5.41) is -0.422. The van der Waals surface area contributed by atoms with Gasteiger partial charge in [-0.25, -0.2) is 13.1 Å². The first kappa shape index (κ1) is 19.5. The van der Waals surface area contributed by atoms with E-state index in [-0.39, 0.29) is 12.1 Å². The number of anilines is 1. The molecule has 2 fully saturated rings. The van der Waals surface area contributed by atoms with E-state index in [0.29, 0.717) is 0 Å². The van der Waals surface area contributed by atoms with Crippen LogP contribution in [0.5, 0.6) is 5.75 Å². The molecule has 1 aromatic rings. The van der Waals surface area contributed by atoms with Crippen LogP contribution in [-0.2, 0) is 10.0 Å². The lowest BCUT2D eigenvalue weighted by Gasteiger charge is -2.33. The largest absolute Gasteiger partial charge is 0.489 e. The summed E-state index contributed by atoms with van der Waals surface area (Å²) in [6, 6.07) is 8.14. The van der Waals surface area contributed by atoms with Gasteiger partial charge in [0.15, 0.2) is 0 Å². The summed E-state index contributed by atoms with van der Waals surface area (Å²) < 4.78 is 33.5. The standard InChI is InChI=1S/C20H32N2O3S/c1-16(2)26(23,24)21-19-8-4-5-9-20(19)25-18-12-10-17(11-13-18)22-14-6-3-7-15-22/h10-13,16,19-21H,3-9,14-15H2,1-2H3/t19-,20+/m0/s1. The van der Waals surface area contributed by atoms with Crippen LogP contribution in [-0.4, -0.2) is 38.9 Å². The maximum atomic E-state index is 12.2. The van der Waals surface area contributed by atoms with Gasteiger partial charge in [0, 0.05) is 18.8 Å². The van der Waals surface area contributed by atoms with Gasteiger partial charge in [0.2, 0.25) is 10.0 Å². The van der Waals surface area contributed by atoms with Gasteiger partial charge in [0.1, 0.15) is 11.9 Å². The molecule has 1 saturated carbocycles. The van der Waals surface area contributed by atoms with Crippen molar-refractivity contribution in [3.63, 3.8) is 0 Å². The van der Waals surface area contributed by atoms with Crippen molar-refractivity contribution < 1.29 is 13.2 Å². The van der Waals surface area contributed by atoms with Crippen LogP contribution in [0.15, 0.2) is 24.3 Å².